The van der Waals surface area contributed by atoms with E-state index in [1.807, 2.05) is 0 Å². The van der Waals surface area contributed by atoms with Gasteiger partial charge in [-0.2, -0.15) is 0 Å². The van der Waals surface area contributed by atoms with Gasteiger partial charge in [0.1, 0.15) is 11.5 Å². The summed E-state index contributed by atoms with van der Waals surface area (Å²) in [6.07, 6.45) is 1.21. The molecule has 0 saturated carbocycles. The van der Waals surface area contributed by atoms with Crippen LogP contribution in [0.3, 0.4) is 0 Å². The minimum absolute atomic E-state index is 0. The fourth-order valence-electron chi connectivity index (χ4n) is 1.45. The zero-order valence-electron chi connectivity index (χ0n) is 8.83. The fraction of sp³-hybridized carbons (Fsp3) is 0.0909. The number of hydrogen-bond donors (Lipinski definition) is 1. The summed E-state index contributed by atoms with van der Waals surface area (Å²) in [4.78, 5) is 17.8. The van der Waals surface area contributed by atoms with Gasteiger partial charge in [0.05, 0.1) is 18.5 Å². The molecule has 6 heteroatoms. The smallest absolute Gasteiger partial charge is 0.293 e. The van der Waals surface area contributed by atoms with Crippen LogP contribution in [-0.4, -0.2) is 17.1 Å². The van der Waals surface area contributed by atoms with Crippen molar-refractivity contribution in [1.82, 2.24) is 9.97 Å². The summed E-state index contributed by atoms with van der Waals surface area (Å²) in [5.41, 5.74) is 0.0770. The number of methoxy groups -OCH3 is 1. The Balaban J connectivity index is 2.72. The summed E-state index contributed by atoms with van der Waals surface area (Å²) >= 11 is 5.94. The van der Waals surface area contributed by atoms with E-state index in [2.05, 4.69) is 9.97 Å². The molecule has 1 heterocycles. The molecule has 0 aliphatic carbocycles. The van der Waals surface area contributed by atoms with Crippen LogP contribution < -0.4 is 10.3 Å². The highest BCUT2D eigenvalue weighted by Gasteiger charge is 2.14. The number of halogens is 2. The molecule has 0 radical (unpaired) electrons. The highest BCUT2D eigenvalue weighted by Crippen LogP contribution is 2.31. The molecule has 2 aromatic rings. The first-order valence-electron chi connectivity index (χ1n) is 4.70. The first-order valence-corrected chi connectivity index (χ1v) is 5.08. The molecule has 1 aromatic heterocycles. The van der Waals surface area contributed by atoms with Crippen molar-refractivity contribution in [3.05, 3.63) is 45.7 Å². The molecule has 0 bridgehead atoms. The average Bonchev–Trinajstić information content (AvgIpc) is 2.32. The Morgan fingerprint density at radius 2 is 2.24 bits per heavy atom. The van der Waals surface area contributed by atoms with Crippen LogP contribution in [0, 0.1) is 5.82 Å². The van der Waals surface area contributed by atoms with Crippen molar-refractivity contribution in [2.24, 2.45) is 0 Å². The number of nitrogens with zero attached hydrogens (tertiary/aromatic N) is 1. The van der Waals surface area contributed by atoms with Crippen LogP contribution in [0.4, 0.5) is 4.39 Å². The van der Waals surface area contributed by atoms with Gasteiger partial charge in [0.2, 0.25) is 5.75 Å². The predicted octanol–water partition coefficient (Wildman–Crippen LogP) is 2.24. The quantitative estimate of drug-likeness (QED) is 0.894. The molecular weight excluding hydrogens is 247 g/mol. The Bertz CT molecular complexity index is 613. The number of benzene rings is 1. The number of rotatable bonds is 2. The molecule has 0 saturated heterocycles. The maximum Gasteiger partial charge on any atom is 0.293 e. The number of ether oxygens (including phenoxy) is 1. The lowest BCUT2D eigenvalue weighted by Crippen LogP contribution is -2.11. The third-order valence-electron chi connectivity index (χ3n) is 2.20. The van der Waals surface area contributed by atoms with Crippen LogP contribution >= 0.6 is 11.6 Å². The van der Waals surface area contributed by atoms with Crippen molar-refractivity contribution in [3.8, 4) is 17.0 Å². The van der Waals surface area contributed by atoms with E-state index < -0.39 is 11.4 Å². The number of nitrogens with one attached hydrogen (secondary N) is 1. The van der Waals surface area contributed by atoms with Gasteiger partial charge in [0.15, 0.2) is 0 Å². The molecule has 1 N–H and O–H groups in total. The monoisotopic (exact) mass is 254 g/mol. The molecule has 2 rings (SSSR count). The maximum atomic E-state index is 13.2. The second-order valence-electron chi connectivity index (χ2n) is 3.24. The molecular formula is C11H8ClFN2O2. The van der Waals surface area contributed by atoms with E-state index in [-0.39, 0.29) is 11.4 Å². The van der Waals surface area contributed by atoms with Crippen LogP contribution in [0.2, 0.25) is 5.02 Å². The molecule has 0 atom stereocenters. The van der Waals surface area contributed by atoms with Crippen LogP contribution in [0.5, 0.6) is 5.75 Å². The average molecular weight is 255 g/mol. The van der Waals surface area contributed by atoms with Gasteiger partial charge in [-0.1, -0.05) is 11.6 Å². The van der Waals surface area contributed by atoms with Crippen molar-refractivity contribution >= 4 is 11.6 Å². The van der Waals surface area contributed by atoms with Gasteiger partial charge in [-0.15, -0.1) is 0 Å². The van der Waals surface area contributed by atoms with Crippen molar-refractivity contribution < 1.29 is 9.13 Å². The second-order valence-corrected chi connectivity index (χ2v) is 3.64. The summed E-state index contributed by atoms with van der Waals surface area (Å²) in [6.45, 7) is 0. The normalized spacial score (nSPS) is 10.3. The van der Waals surface area contributed by atoms with Gasteiger partial charge in [0.25, 0.3) is 5.56 Å². The summed E-state index contributed by atoms with van der Waals surface area (Å²) in [5.74, 6) is -0.464. The molecule has 0 aliphatic rings. The van der Waals surface area contributed by atoms with Gasteiger partial charge in [-0.3, -0.25) is 4.79 Å². The topological polar surface area (TPSA) is 55.0 Å². The fourth-order valence-corrected chi connectivity index (χ4v) is 1.65. The lowest BCUT2D eigenvalue weighted by molar-refractivity contribution is 0.408. The Labute approximate surface area is 101 Å². The standard InChI is InChI=1S/C11H8ClFN2O2/c1-17-10-9(14-5-15-11(10)16)7-4-6(13)2-3-8(7)12/h2-5H,1H3,(H,14,15,16). The third kappa shape index (κ3) is 2.14. The van der Waals surface area contributed by atoms with E-state index in [9.17, 15) is 9.18 Å². The molecule has 0 aliphatic heterocycles. The molecule has 0 unspecified atom stereocenters. The first-order chi connectivity index (χ1) is 8.13. The van der Waals surface area contributed by atoms with Crippen molar-refractivity contribution in [1.29, 1.82) is 0 Å². The highest BCUT2D eigenvalue weighted by molar-refractivity contribution is 6.33. The van der Waals surface area contributed by atoms with Gasteiger partial charge in [-0.25, -0.2) is 9.37 Å². The SMILES string of the molecule is COc1c(-c2cc(F)ccc2Cl)nc[nH]c1=O. The molecule has 0 amide bonds. The Hall–Kier alpha value is -1.88. The summed E-state index contributed by atoms with van der Waals surface area (Å²) in [5, 5.41) is 0.294. The van der Waals surface area contributed by atoms with E-state index in [1.165, 1.54) is 31.6 Å². The Morgan fingerprint density at radius 1 is 1.47 bits per heavy atom. The number of H-pyrrole nitrogens is 1. The molecule has 4 nitrogen and oxygen atoms in total. The Morgan fingerprint density at radius 3 is 2.94 bits per heavy atom. The third-order valence-corrected chi connectivity index (χ3v) is 2.53. The molecule has 0 fully saturated rings. The van der Waals surface area contributed by atoms with Gasteiger partial charge in [-0.05, 0) is 18.2 Å². The number of aromatic amines is 1. The van der Waals surface area contributed by atoms with Crippen molar-refractivity contribution in [3.63, 3.8) is 0 Å². The molecule has 0 spiro atoms. The van der Waals surface area contributed by atoms with E-state index in [0.717, 1.165) is 0 Å². The summed E-state index contributed by atoms with van der Waals surface area (Å²) in [7, 11) is 1.34. The van der Waals surface area contributed by atoms with E-state index in [4.69, 9.17) is 16.3 Å². The number of hydrogen-bond acceptors (Lipinski definition) is 3. The van der Waals surface area contributed by atoms with Crippen LogP contribution in [0.1, 0.15) is 0 Å². The van der Waals surface area contributed by atoms with Crippen LogP contribution in [0.15, 0.2) is 29.3 Å². The van der Waals surface area contributed by atoms with Crippen LogP contribution in [0.25, 0.3) is 11.3 Å². The highest BCUT2D eigenvalue weighted by atomic mass is 35.5. The minimum atomic E-state index is -0.464. The predicted molar refractivity (Wildman–Crippen MR) is 61.8 cm³/mol. The molecule has 17 heavy (non-hydrogen) atoms. The first kappa shape index (κ1) is 11.6. The van der Waals surface area contributed by atoms with Gasteiger partial charge >= 0.3 is 0 Å². The largest absolute Gasteiger partial charge is 0.490 e. The summed E-state index contributed by atoms with van der Waals surface area (Å²) in [6, 6.07) is 3.83. The van der Waals surface area contributed by atoms with Crippen molar-refractivity contribution in [2.45, 2.75) is 0 Å². The minimum Gasteiger partial charge on any atom is -0.490 e. The van der Waals surface area contributed by atoms with Gasteiger partial charge < -0.3 is 9.72 Å². The van der Waals surface area contributed by atoms with E-state index in [0.29, 0.717) is 10.6 Å². The Kier molecular flexibility index (Phi) is 3.10. The molecule has 1 aromatic carbocycles. The van der Waals surface area contributed by atoms with E-state index >= 15 is 0 Å². The lowest BCUT2D eigenvalue weighted by atomic mass is 10.1. The maximum absolute atomic E-state index is 13.2. The zero-order valence-corrected chi connectivity index (χ0v) is 9.58. The summed E-state index contributed by atoms with van der Waals surface area (Å²) < 4.78 is 18.1. The number of aromatic nitrogens is 2. The van der Waals surface area contributed by atoms with Gasteiger partial charge in [0, 0.05) is 5.56 Å². The zero-order chi connectivity index (χ0) is 12.4. The lowest BCUT2D eigenvalue weighted by Gasteiger charge is -2.07. The van der Waals surface area contributed by atoms with Crippen LogP contribution in [-0.2, 0) is 0 Å². The van der Waals surface area contributed by atoms with E-state index in [1.54, 1.807) is 0 Å². The van der Waals surface area contributed by atoms with Crippen molar-refractivity contribution in [2.75, 3.05) is 7.11 Å². The second kappa shape index (κ2) is 4.55. The molecule has 88 valence electrons.